The van der Waals surface area contributed by atoms with Crippen LogP contribution in [0.15, 0.2) is 36.7 Å². The maximum Gasteiger partial charge on any atom is 0.164 e. The molecule has 3 heterocycles. The molecule has 162 valence electrons. The van der Waals surface area contributed by atoms with Crippen LogP contribution in [-0.4, -0.2) is 54.8 Å². The third kappa shape index (κ3) is 3.61. The van der Waals surface area contributed by atoms with Gasteiger partial charge in [0.25, 0.3) is 0 Å². The maximum atomic E-state index is 13.8. The Kier molecular flexibility index (Phi) is 5.03. The molecule has 4 atom stereocenters. The van der Waals surface area contributed by atoms with Crippen LogP contribution in [0.1, 0.15) is 0 Å². The third-order valence-corrected chi connectivity index (χ3v) is 5.33. The first-order chi connectivity index (χ1) is 15.0. The summed E-state index contributed by atoms with van der Waals surface area (Å²) >= 11 is 0. The molecule has 3 aromatic rings. The highest BCUT2D eigenvalue weighted by Crippen LogP contribution is 2.38. The van der Waals surface area contributed by atoms with E-state index in [0.29, 0.717) is 33.9 Å². The van der Waals surface area contributed by atoms with E-state index >= 15 is 0 Å². The Morgan fingerprint density at radius 1 is 1.00 bits per heavy atom. The Morgan fingerprint density at radius 3 is 2.65 bits per heavy atom. The van der Waals surface area contributed by atoms with Gasteiger partial charge in [0, 0.05) is 23.2 Å². The van der Waals surface area contributed by atoms with E-state index in [2.05, 4.69) is 15.3 Å². The van der Waals surface area contributed by atoms with Crippen LogP contribution in [0.5, 0.6) is 11.5 Å². The number of aromatic nitrogens is 2. The summed E-state index contributed by atoms with van der Waals surface area (Å²) < 4.78 is 63.0. The van der Waals surface area contributed by atoms with Crippen molar-refractivity contribution < 1.29 is 32.1 Å². The summed E-state index contributed by atoms with van der Waals surface area (Å²) in [5.41, 5.74) is 0.855. The predicted octanol–water partition coefficient (Wildman–Crippen LogP) is 3.54. The number of nitrogens with one attached hydrogen (secondary N) is 1. The van der Waals surface area contributed by atoms with Crippen molar-refractivity contribution in [1.82, 2.24) is 9.97 Å². The number of hydrogen-bond donors (Lipinski definition) is 1. The second kappa shape index (κ2) is 7.86. The number of nitrogens with zero attached hydrogens (tertiary/aromatic N) is 2. The number of hydrogen-bond acceptors (Lipinski definition) is 7. The second-order valence-electron chi connectivity index (χ2n) is 7.26. The molecule has 0 spiro atoms. The average molecular weight is 433 g/mol. The average Bonchev–Trinajstić information content (AvgIpc) is 3.34. The molecule has 0 radical (unpaired) electrons. The standard InChI is InChI=1S/C21H18F3N3O4/c1-28-16-5-11-15(6-17(16)31-18-8-30-19-14(24)7-29-20(18)19)25-9-26-21(11)27-10-2-3-12(22)13(23)4-10/h2-6,9,14,18-20H,7-8H2,1H3,(H,25,26,27)/t14-,18?,19+,20+/m1/s1. The van der Waals surface area contributed by atoms with E-state index in [9.17, 15) is 13.2 Å². The highest BCUT2D eigenvalue weighted by atomic mass is 19.2. The molecule has 7 nitrogen and oxygen atoms in total. The fourth-order valence-corrected chi connectivity index (χ4v) is 3.81. The Balaban J connectivity index is 1.45. The minimum atomic E-state index is -1.17. The van der Waals surface area contributed by atoms with Crippen LogP contribution in [0.4, 0.5) is 24.7 Å². The van der Waals surface area contributed by atoms with Crippen LogP contribution in [0.25, 0.3) is 10.9 Å². The Hall–Kier alpha value is -3.11. The molecule has 0 aliphatic carbocycles. The maximum absolute atomic E-state index is 13.8. The van der Waals surface area contributed by atoms with Gasteiger partial charge in [0.05, 0.1) is 25.8 Å². The van der Waals surface area contributed by atoms with E-state index in [1.165, 1.54) is 19.5 Å². The number of rotatable bonds is 5. The molecule has 2 fully saturated rings. The monoisotopic (exact) mass is 433 g/mol. The molecule has 1 unspecified atom stereocenters. The van der Waals surface area contributed by atoms with Gasteiger partial charge in [-0.15, -0.1) is 0 Å². The number of benzene rings is 2. The fraction of sp³-hybridized carbons (Fsp3) is 0.333. The van der Waals surface area contributed by atoms with E-state index in [4.69, 9.17) is 18.9 Å². The number of alkyl halides is 1. The van der Waals surface area contributed by atoms with Crippen LogP contribution >= 0.6 is 0 Å². The normalized spacial score (nSPS) is 24.9. The molecule has 2 saturated heterocycles. The molecular weight excluding hydrogens is 415 g/mol. The van der Waals surface area contributed by atoms with Crippen molar-refractivity contribution in [1.29, 1.82) is 0 Å². The molecule has 5 rings (SSSR count). The van der Waals surface area contributed by atoms with Crippen LogP contribution in [-0.2, 0) is 9.47 Å². The SMILES string of the molecule is COc1cc2c(Nc3ccc(F)c(F)c3)ncnc2cc1OC1CO[C@H]2[C@H](F)CO[C@@H]12. The number of fused-ring (bicyclic) bond motifs is 2. The van der Waals surface area contributed by atoms with Crippen molar-refractivity contribution in [2.75, 3.05) is 25.6 Å². The smallest absolute Gasteiger partial charge is 0.164 e. The van der Waals surface area contributed by atoms with Crippen LogP contribution in [0, 0.1) is 11.6 Å². The largest absolute Gasteiger partial charge is 0.493 e. The summed E-state index contributed by atoms with van der Waals surface area (Å²) in [6, 6.07) is 6.80. The first kappa shape index (κ1) is 19.8. The zero-order chi connectivity index (χ0) is 21.5. The molecule has 1 N–H and O–H groups in total. The molecule has 31 heavy (non-hydrogen) atoms. The van der Waals surface area contributed by atoms with Crippen LogP contribution in [0.3, 0.4) is 0 Å². The molecule has 2 aliphatic rings. The van der Waals surface area contributed by atoms with Gasteiger partial charge in [-0.05, 0) is 18.2 Å². The fourth-order valence-electron chi connectivity index (χ4n) is 3.81. The van der Waals surface area contributed by atoms with Gasteiger partial charge in [-0.2, -0.15) is 0 Å². The summed E-state index contributed by atoms with van der Waals surface area (Å²) in [4.78, 5) is 8.46. The van der Waals surface area contributed by atoms with Crippen molar-refractivity contribution >= 4 is 22.4 Å². The van der Waals surface area contributed by atoms with E-state index in [1.807, 2.05) is 0 Å². The molecule has 0 bridgehead atoms. The zero-order valence-corrected chi connectivity index (χ0v) is 16.3. The first-order valence-electron chi connectivity index (χ1n) is 9.62. The van der Waals surface area contributed by atoms with Gasteiger partial charge in [-0.3, -0.25) is 0 Å². The Labute approximate surface area is 175 Å². The Morgan fingerprint density at radius 2 is 1.84 bits per heavy atom. The minimum Gasteiger partial charge on any atom is -0.493 e. The van der Waals surface area contributed by atoms with Gasteiger partial charge >= 0.3 is 0 Å². The summed E-state index contributed by atoms with van der Waals surface area (Å²) in [6.07, 6.45) is -1.45. The minimum absolute atomic E-state index is 0.0176. The third-order valence-electron chi connectivity index (χ3n) is 5.33. The van der Waals surface area contributed by atoms with Gasteiger partial charge in [0.2, 0.25) is 0 Å². The van der Waals surface area contributed by atoms with Crippen LogP contribution < -0.4 is 14.8 Å². The molecule has 0 saturated carbocycles. The summed E-state index contributed by atoms with van der Waals surface area (Å²) in [7, 11) is 1.48. The lowest BCUT2D eigenvalue weighted by molar-refractivity contribution is 0.0271. The van der Waals surface area contributed by atoms with E-state index < -0.39 is 36.1 Å². The zero-order valence-electron chi connectivity index (χ0n) is 16.3. The van der Waals surface area contributed by atoms with Crippen LogP contribution in [0.2, 0.25) is 0 Å². The molecule has 2 aromatic carbocycles. The number of halogens is 3. The topological polar surface area (TPSA) is 74.7 Å². The number of anilines is 2. The van der Waals surface area contributed by atoms with Crippen molar-refractivity contribution in [3.8, 4) is 11.5 Å². The van der Waals surface area contributed by atoms with E-state index in [1.54, 1.807) is 12.1 Å². The number of ether oxygens (including phenoxy) is 4. The summed E-state index contributed by atoms with van der Waals surface area (Å²) in [5.74, 6) is -0.741. The quantitative estimate of drug-likeness (QED) is 0.660. The Bertz CT molecular complexity index is 1130. The lowest BCUT2D eigenvalue weighted by atomic mass is 10.1. The van der Waals surface area contributed by atoms with Gasteiger partial charge in [-0.25, -0.2) is 23.1 Å². The van der Waals surface area contributed by atoms with Gasteiger partial charge in [0.15, 0.2) is 35.4 Å². The van der Waals surface area contributed by atoms with Crippen molar-refractivity contribution in [3.63, 3.8) is 0 Å². The second-order valence-corrected chi connectivity index (χ2v) is 7.26. The molecule has 2 aliphatic heterocycles. The van der Waals surface area contributed by atoms with Crippen molar-refractivity contribution in [2.45, 2.75) is 24.5 Å². The van der Waals surface area contributed by atoms with E-state index in [-0.39, 0.29) is 13.2 Å². The lowest BCUT2D eigenvalue weighted by Crippen LogP contribution is -2.33. The first-order valence-corrected chi connectivity index (χ1v) is 9.62. The summed E-state index contributed by atoms with van der Waals surface area (Å²) in [5, 5.41) is 3.54. The van der Waals surface area contributed by atoms with Crippen molar-refractivity contribution in [3.05, 3.63) is 48.3 Å². The van der Waals surface area contributed by atoms with Gasteiger partial charge < -0.3 is 24.3 Å². The van der Waals surface area contributed by atoms with E-state index in [0.717, 1.165) is 12.1 Å². The highest BCUT2D eigenvalue weighted by molar-refractivity contribution is 5.93. The van der Waals surface area contributed by atoms with Gasteiger partial charge in [0.1, 0.15) is 24.4 Å². The molecule has 0 amide bonds. The lowest BCUT2D eigenvalue weighted by Gasteiger charge is -2.20. The molecule has 10 heteroatoms. The number of methoxy groups -OCH3 is 1. The van der Waals surface area contributed by atoms with Crippen molar-refractivity contribution in [2.24, 2.45) is 0 Å². The highest BCUT2D eigenvalue weighted by Gasteiger charge is 2.49. The molecule has 1 aromatic heterocycles. The molecular formula is C21H18F3N3O4. The predicted molar refractivity (Wildman–Crippen MR) is 105 cm³/mol. The summed E-state index contributed by atoms with van der Waals surface area (Å²) in [6.45, 7) is 0.180. The van der Waals surface area contributed by atoms with Gasteiger partial charge in [-0.1, -0.05) is 0 Å².